The van der Waals surface area contributed by atoms with Crippen LogP contribution in [-0.4, -0.2) is 66.8 Å². The van der Waals surface area contributed by atoms with Crippen molar-refractivity contribution in [3.63, 3.8) is 0 Å². The Hall–Kier alpha value is -2.28. The Bertz CT molecular complexity index is 655. The van der Waals surface area contributed by atoms with E-state index in [-0.39, 0.29) is 12.0 Å². The van der Waals surface area contributed by atoms with E-state index in [0.717, 1.165) is 44.7 Å². The molecule has 0 saturated carbocycles. The van der Waals surface area contributed by atoms with Gasteiger partial charge < -0.3 is 14.5 Å². The molecule has 0 radical (unpaired) electrons. The molecular weight excluding hydrogens is 344 g/mol. The fraction of sp³-hybridized carbons (Fsp3) is 0.600. The van der Waals surface area contributed by atoms with Crippen molar-refractivity contribution in [2.45, 2.75) is 39.2 Å². The van der Waals surface area contributed by atoms with Crippen LogP contribution in [0, 0.1) is 0 Å². The highest BCUT2D eigenvalue weighted by Gasteiger charge is 2.26. The molecule has 27 heavy (non-hydrogen) atoms. The molecular formula is C20H30N4O3. The third-order valence-corrected chi connectivity index (χ3v) is 4.79. The molecule has 2 aliphatic heterocycles. The van der Waals surface area contributed by atoms with Crippen LogP contribution in [0.5, 0.6) is 0 Å². The zero-order chi connectivity index (χ0) is 19.4. The van der Waals surface area contributed by atoms with Crippen LogP contribution in [0.1, 0.15) is 44.0 Å². The van der Waals surface area contributed by atoms with Gasteiger partial charge in [-0.25, -0.2) is 9.80 Å². The number of rotatable bonds is 3. The summed E-state index contributed by atoms with van der Waals surface area (Å²) in [7, 11) is 0. The summed E-state index contributed by atoms with van der Waals surface area (Å²) in [6, 6.07) is 7.67. The van der Waals surface area contributed by atoms with Crippen molar-refractivity contribution in [3.05, 3.63) is 29.8 Å². The molecule has 2 heterocycles. The molecule has 0 spiro atoms. The first-order valence-electron chi connectivity index (χ1n) is 9.71. The second-order valence-corrected chi connectivity index (χ2v) is 8.14. The number of amides is 2. The molecule has 2 fully saturated rings. The highest BCUT2D eigenvalue weighted by Crippen LogP contribution is 2.19. The van der Waals surface area contributed by atoms with Crippen molar-refractivity contribution in [2.24, 2.45) is 0 Å². The van der Waals surface area contributed by atoms with Gasteiger partial charge in [0.05, 0.1) is 0 Å². The number of carbonyl (C=O) groups excluding carboxylic acids is 2. The van der Waals surface area contributed by atoms with Crippen molar-refractivity contribution in [2.75, 3.05) is 44.2 Å². The first kappa shape index (κ1) is 19.5. The van der Waals surface area contributed by atoms with E-state index < -0.39 is 5.60 Å². The number of hydrogen-bond donors (Lipinski definition) is 1. The van der Waals surface area contributed by atoms with E-state index in [1.54, 1.807) is 4.90 Å². The van der Waals surface area contributed by atoms with Crippen LogP contribution < -0.4 is 10.3 Å². The maximum atomic E-state index is 12.3. The lowest BCUT2D eigenvalue weighted by Crippen LogP contribution is -2.50. The van der Waals surface area contributed by atoms with Gasteiger partial charge in [0.2, 0.25) is 0 Å². The zero-order valence-electron chi connectivity index (χ0n) is 16.5. The first-order chi connectivity index (χ1) is 12.8. The largest absolute Gasteiger partial charge is 0.444 e. The van der Waals surface area contributed by atoms with Crippen molar-refractivity contribution in [3.8, 4) is 0 Å². The number of nitrogens with one attached hydrogen (secondary N) is 1. The minimum absolute atomic E-state index is 0.0572. The molecule has 7 heteroatoms. The predicted octanol–water partition coefficient (Wildman–Crippen LogP) is 2.48. The first-order valence-corrected chi connectivity index (χ1v) is 9.71. The van der Waals surface area contributed by atoms with E-state index in [1.165, 1.54) is 0 Å². The SMILES string of the molecule is CC(C)(C)OC(=O)N1CCN(c2ccc(C(=O)NN3CCCC3)cc2)CC1. The average molecular weight is 374 g/mol. The fourth-order valence-corrected chi connectivity index (χ4v) is 3.33. The van der Waals surface area contributed by atoms with Crippen LogP contribution in [0.15, 0.2) is 24.3 Å². The van der Waals surface area contributed by atoms with Crippen LogP contribution in [0.4, 0.5) is 10.5 Å². The maximum absolute atomic E-state index is 12.3. The van der Waals surface area contributed by atoms with Crippen molar-refractivity contribution < 1.29 is 14.3 Å². The van der Waals surface area contributed by atoms with Crippen LogP contribution in [0.3, 0.4) is 0 Å². The van der Waals surface area contributed by atoms with Gasteiger partial charge in [0.1, 0.15) is 5.60 Å². The van der Waals surface area contributed by atoms with Crippen molar-refractivity contribution in [1.82, 2.24) is 15.3 Å². The lowest BCUT2D eigenvalue weighted by atomic mass is 10.1. The summed E-state index contributed by atoms with van der Waals surface area (Å²) in [6.45, 7) is 10.2. The van der Waals surface area contributed by atoms with Crippen LogP contribution in [0.2, 0.25) is 0 Å². The number of hydrogen-bond acceptors (Lipinski definition) is 5. The van der Waals surface area contributed by atoms with Crippen LogP contribution >= 0.6 is 0 Å². The van der Waals surface area contributed by atoms with Gasteiger partial charge in [-0.1, -0.05) is 0 Å². The van der Waals surface area contributed by atoms with E-state index in [2.05, 4.69) is 10.3 Å². The molecule has 7 nitrogen and oxygen atoms in total. The molecule has 0 atom stereocenters. The van der Waals surface area contributed by atoms with Gasteiger partial charge in [-0.3, -0.25) is 10.2 Å². The van der Waals surface area contributed by atoms with Crippen molar-refractivity contribution >= 4 is 17.7 Å². The molecule has 3 rings (SSSR count). The standard InChI is InChI=1S/C20H30N4O3/c1-20(2,3)27-19(26)23-14-12-22(13-15-23)17-8-6-16(7-9-17)18(25)21-24-10-4-5-11-24/h6-9H,4-5,10-15H2,1-3H3,(H,21,25). The van der Waals surface area contributed by atoms with E-state index in [1.807, 2.05) is 50.0 Å². The molecule has 0 aliphatic carbocycles. The normalized spacial score (nSPS) is 18.5. The Kier molecular flexibility index (Phi) is 5.89. The van der Waals surface area contributed by atoms with E-state index in [0.29, 0.717) is 18.7 Å². The van der Waals surface area contributed by atoms with E-state index >= 15 is 0 Å². The molecule has 0 unspecified atom stereocenters. The Balaban J connectivity index is 1.51. The fourth-order valence-electron chi connectivity index (χ4n) is 3.33. The molecule has 0 bridgehead atoms. The van der Waals surface area contributed by atoms with E-state index in [4.69, 9.17) is 4.74 Å². The lowest BCUT2D eigenvalue weighted by Gasteiger charge is -2.36. The number of anilines is 1. The molecule has 2 amide bonds. The molecule has 1 N–H and O–H groups in total. The summed E-state index contributed by atoms with van der Waals surface area (Å²) in [4.78, 5) is 28.4. The topological polar surface area (TPSA) is 65.1 Å². The second kappa shape index (κ2) is 8.17. The molecule has 2 saturated heterocycles. The number of hydrazine groups is 1. The van der Waals surface area contributed by atoms with Gasteiger partial charge in [-0.2, -0.15) is 0 Å². The zero-order valence-corrected chi connectivity index (χ0v) is 16.5. The third-order valence-electron chi connectivity index (χ3n) is 4.79. The summed E-state index contributed by atoms with van der Waals surface area (Å²) in [5.41, 5.74) is 4.21. The van der Waals surface area contributed by atoms with Gasteiger partial charge in [0, 0.05) is 50.5 Å². The third kappa shape index (κ3) is 5.35. The Morgan fingerprint density at radius 1 is 0.926 bits per heavy atom. The smallest absolute Gasteiger partial charge is 0.410 e. The molecule has 2 aliphatic rings. The van der Waals surface area contributed by atoms with Gasteiger partial charge >= 0.3 is 6.09 Å². The van der Waals surface area contributed by atoms with Gasteiger partial charge in [0.25, 0.3) is 5.91 Å². The Morgan fingerprint density at radius 3 is 2.07 bits per heavy atom. The lowest BCUT2D eigenvalue weighted by molar-refractivity contribution is 0.0240. The highest BCUT2D eigenvalue weighted by atomic mass is 16.6. The summed E-state index contributed by atoms with van der Waals surface area (Å²) >= 11 is 0. The van der Waals surface area contributed by atoms with Crippen LogP contribution in [-0.2, 0) is 4.74 Å². The van der Waals surface area contributed by atoms with Crippen LogP contribution in [0.25, 0.3) is 0 Å². The minimum Gasteiger partial charge on any atom is -0.444 e. The van der Waals surface area contributed by atoms with Gasteiger partial charge in [0.15, 0.2) is 0 Å². The van der Waals surface area contributed by atoms with Crippen molar-refractivity contribution in [1.29, 1.82) is 0 Å². The Morgan fingerprint density at radius 2 is 1.52 bits per heavy atom. The summed E-state index contributed by atoms with van der Waals surface area (Å²) in [6.07, 6.45) is 2.01. The summed E-state index contributed by atoms with van der Waals surface area (Å²) in [5, 5.41) is 1.98. The summed E-state index contributed by atoms with van der Waals surface area (Å²) < 4.78 is 5.43. The molecule has 1 aromatic rings. The minimum atomic E-state index is -0.473. The monoisotopic (exact) mass is 374 g/mol. The predicted molar refractivity (Wildman–Crippen MR) is 105 cm³/mol. The number of ether oxygens (including phenoxy) is 1. The highest BCUT2D eigenvalue weighted by molar-refractivity contribution is 5.94. The summed E-state index contributed by atoms with van der Waals surface area (Å²) in [5.74, 6) is -0.0572. The Labute approximate surface area is 161 Å². The number of nitrogens with zero attached hydrogens (tertiary/aromatic N) is 3. The maximum Gasteiger partial charge on any atom is 0.410 e. The van der Waals surface area contributed by atoms with Gasteiger partial charge in [-0.15, -0.1) is 0 Å². The van der Waals surface area contributed by atoms with E-state index in [9.17, 15) is 9.59 Å². The second-order valence-electron chi connectivity index (χ2n) is 8.14. The number of carbonyl (C=O) groups is 2. The molecule has 0 aromatic heterocycles. The van der Waals surface area contributed by atoms with Gasteiger partial charge in [-0.05, 0) is 57.9 Å². The number of benzene rings is 1. The average Bonchev–Trinajstić information content (AvgIpc) is 3.13. The molecule has 148 valence electrons. The number of piperazine rings is 1. The molecule has 1 aromatic carbocycles. The quantitative estimate of drug-likeness (QED) is 0.881.